The van der Waals surface area contributed by atoms with E-state index in [0.29, 0.717) is 16.7 Å². The average molecular weight is 436 g/mol. The number of carbonyl (C=O) groups excluding carboxylic acids is 1. The van der Waals surface area contributed by atoms with Gasteiger partial charge in [0.05, 0.1) is 0 Å². The van der Waals surface area contributed by atoms with Crippen LogP contribution in [-0.2, 0) is 16.0 Å². The van der Waals surface area contributed by atoms with Crippen LogP contribution in [0.25, 0.3) is 6.08 Å². The molecule has 0 aliphatic carbocycles. The van der Waals surface area contributed by atoms with Gasteiger partial charge >= 0.3 is 5.97 Å². The Morgan fingerprint density at radius 3 is 2.34 bits per heavy atom. The summed E-state index contributed by atoms with van der Waals surface area (Å²) in [5.74, 6) is -1.42. The summed E-state index contributed by atoms with van der Waals surface area (Å²) in [7, 11) is 0. The van der Waals surface area contributed by atoms with E-state index in [1.807, 2.05) is 0 Å². The van der Waals surface area contributed by atoms with Crippen molar-refractivity contribution in [3.05, 3.63) is 77.4 Å². The molecule has 1 aliphatic rings. The van der Waals surface area contributed by atoms with Gasteiger partial charge in [0.25, 0.3) is 0 Å². The molecule has 0 saturated heterocycles. The molecule has 3 aromatic carbocycles. The summed E-state index contributed by atoms with van der Waals surface area (Å²) in [6.07, 6.45) is 1.09. The highest BCUT2D eigenvalue weighted by Crippen LogP contribution is 2.43. The average Bonchev–Trinajstić information content (AvgIpc) is 2.75. The van der Waals surface area contributed by atoms with Gasteiger partial charge in [0.1, 0.15) is 29.1 Å². The number of ether oxygens (including phenoxy) is 2. The van der Waals surface area contributed by atoms with Crippen molar-refractivity contribution in [2.24, 2.45) is 0 Å². The number of aromatic hydroxyl groups is 5. The SMILES string of the molecule is O=C(/C=C/c1ccc(O)cc1)O[C@@H]1Cc2c(O)cc(O)cc2O[C@@H]1c1ccc(O)c(O)c1. The first-order chi connectivity index (χ1) is 15.3. The number of rotatable bonds is 4. The lowest BCUT2D eigenvalue weighted by Gasteiger charge is -2.33. The number of phenolic OH excluding ortho intramolecular Hbond substituents is 5. The van der Waals surface area contributed by atoms with E-state index in [1.165, 1.54) is 54.6 Å². The number of hydrogen-bond donors (Lipinski definition) is 5. The van der Waals surface area contributed by atoms with Crippen LogP contribution in [-0.4, -0.2) is 37.6 Å². The van der Waals surface area contributed by atoms with Gasteiger partial charge in [-0.25, -0.2) is 4.79 Å². The summed E-state index contributed by atoms with van der Waals surface area (Å²) in [4.78, 5) is 12.5. The maximum atomic E-state index is 12.5. The first kappa shape index (κ1) is 20.9. The van der Waals surface area contributed by atoms with Crippen molar-refractivity contribution in [2.45, 2.75) is 18.6 Å². The molecular weight excluding hydrogens is 416 g/mol. The van der Waals surface area contributed by atoms with E-state index in [1.54, 1.807) is 12.1 Å². The van der Waals surface area contributed by atoms with E-state index in [9.17, 15) is 30.3 Å². The minimum atomic E-state index is -0.876. The van der Waals surface area contributed by atoms with Gasteiger partial charge in [-0.1, -0.05) is 18.2 Å². The van der Waals surface area contributed by atoms with E-state index in [0.717, 1.165) is 0 Å². The largest absolute Gasteiger partial charge is 0.508 e. The topological polar surface area (TPSA) is 137 Å². The van der Waals surface area contributed by atoms with Crippen molar-refractivity contribution < 1.29 is 39.8 Å². The lowest BCUT2D eigenvalue weighted by Crippen LogP contribution is -2.34. The molecule has 1 heterocycles. The number of carbonyl (C=O) groups is 1. The van der Waals surface area contributed by atoms with Crippen molar-refractivity contribution in [3.8, 4) is 34.5 Å². The molecule has 0 radical (unpaired) electrons. The summed E-state index contributed by atoms with van der Waals surface area (Å²) in [6.45, 7) is 0. The van der Waals surface area contributed by atoms with Crippen LogP contribution in [0.3, 0.4) is 0 Å². The summed E-state index contributed by atoms with van der Waals surface area (Å²) < 4.78 is 11.5. The van der Waals surface area contributed by atoms with Crippen LogP contribution in [0.5, 0.6) is 34.5 Å². The molecule has 0 bridgehead atoms. The van der Waals surface area contributed by atoms with Gasteiger partial charge in [0.2, 0.25) is 0 Å². The van der Waals surface area contributed by atoms with Crippen LogP contribution in [0.4, 0.5) is 0 Å². The van der Waals surface area contributed by atoms with Gasteiger partial charge in [-0.15, -0.1) is 0 Å². The predicted molar refractivity (Wildman–Crippen MR) is 114 cm³/mol. The third kappa shape index (κ3) is 4.39. The maximum Gasteiger partial charge on any atom is 0.331 e. The second-order valence-electron chi connectivity index (χ2n) is 7.33. The molecule has 2 atom stereocenters. The Morgan fingerprint density at radius 1 is 0.875 bits per heavy atom. The highest BCUT2D eigenvalue weighted by Gasteiger charge is 2.36. The third-order valence-corrected chi connectivity index (χ3v) is 5.07. The standard InChI is InChI=1S/C24H20O8/c25-15-5-1-13(2-6-15)3-8-23(30)31-22-12-17-19(28)10-16(26)11-21(17)32-24(22)14-4-7-18(27)20(29)9-14/h1-11,22,24-29H,12H2/b8-3+/t22-,24-/m1/s1. The highest BCUT2D eigenvalue weighted by atomic mass is 16.6. The molecule has 32 heavy (non-hydrogen) atoms. The van der Waals surface area contributed by atoms with E-state index in [-0.39, 0.29) is 40.9 Å². The molecule has 8 heteroatoms. The van der Waals surface area contributed by atoms with Gasteiger partial charge in [-0.05, 0) is 35.9 Å². The quantitative estimate of drug-likeness (QED) is 0.238. The Labute approximate surface area is 182 Å². The van der Waals surface area contributed by atoms with Crippen molar-refractivity contribution in [2.75, 3.05) is 0 Å². The van der Waals surface area contributed by atoms with Crippen LogP contribution in [0, 0.1) is 0 Å². The molecule has 0 aromatic heterocycles. The molecule has 8 nitrogen and oxygen atoms in total. The Hall–Kier alpha value is -4.33. The molecule has 0 spiro atoms. The fourth-order valence-corrected chi connectivity index (χ4v) is 3.49. The minimum Gasteiger partial charge on any atom is -0.508 e. The zero-order valence-corrected chi connectivity index (χ0v) is 16.7. The lowest BCUT2D eigenvalue weighted by molar-refractivity contribution is -0.149. The normalized spacial score (nSPS) is 17.5. The smallest absolute Gasteiger partial charge is 0.331 e. The van der Waals surface area contributed by atoms with Crippen molar-refractivity contribution in [1.29, 1.82) is 0 Å². The fraction of sp³-hybridized carbons (Fsp3) is 0.125. The van der Waals surface area contributed by atoms with Gasteiger partial charge < -0.3 is 35.0 Å². The van der Waals surface area contributed by atoms with Gasteiger partial charge in [0.15, 0.2) is 17.6 Å². The molecule has 5 N–H and O–H groups in total. The predicted octanol–water partition coefficient (Wildman–Crippen LogP) is 3.52. The first-order valence-electron chi connectivity index (χ1n) is 9.71. The molecule has 3 aromatic rings. The van der Waals surface area contributed by atoms with Crippen molar-refractivity contribution in [1.82, 2.24) is 0 Å². The lowest BCUT2D eigenvalue weighted by atomic mass is 9.93. The Morgan fingerprint density at radius 2 is 1.62 bits per heavy atom. The van der Waals surface area contributed by atoms with Crippen LogP contribution in [0.2, 0.25) is 0 Å². The van der Waals surface area contributed by atoms with E-state index in [4.69, 9.17) is 9.47 Å². The molecule has 0 fully saturated rings. The van der Waals surface area contributed by atoms with E-state index < -0.39 is 18.2 Å². The zero-order valence-electron chi connectivity index (χ0n) is 16.7. The number of phenols is 5. The second kappa shape index (κ2) is 8.43. The monoisotopic (exact) mass is 436 g/mol. The Kier molecular flexibility index (Phi) is 5.51. The Balaban J connectivity index is 1.62. The van der Waals surface area contributed by atoms with Crippen LogP contribution < -0.4 is 4.74 Å². The highest BCUT2D eigenvalue weighted by molar-refractivity contribution is 5.87. The van der Waals surface area contributed by atoms with Crippen LogP contribution >= 0.6 is 0 Å². The minimum absolute atomic E-state index is 0.0898. The third-order valence-electron chi connectivity index (χ3n) is 5.07. The summed E-state index contributed by atoms with van der Waals surface area (Å²) >= 11 is 0. The van der Waals surface area contributed by atoms with E-state index in [2.05, 4.69) is 0 Å². The molecule has 0 unspecified atom stereocenters. The molecule has 164 valence electrons. The first-order valence-corrected chi connectivity index (χ1v) is 9.71. The summed E-state index contributed by atoms with van der Waals surface area (Å²) in [5.41, 5.74) is 1.47. The Bertz CT molecular complexity index is 1180. The van der Waals surface area contributed by atoms with Crippen molar-refractivity contribution in [3.63, 3.8) is 0 Å². The number of hydrogen-bond acceptors (Lipinski definition) is 8. The second-order valence-corrected chi connectivity index (χ2v) is 7.33. The van der Waals surface area contributed by atoms with Gasteiger partial charge in [-0.2, -0.15) is 0 Å². The summed E-state index contributed by atoms with van der Waals surface area (Å²) in [5, 5.41) is 48.8. The number of benzene rings is 3. The van der Waals surface area contributed by atoms with E-state index >= 15 is 0 Å². The number of fused-ring (bicyclic) bond motifs is 1. The van der Waals surface area contributed by atoms with Crippen LogP contribution in [0.1, 0.15) is 22.8 Å². The molecule has 1 aliphatic heterocycles. The molecule has 0 saturated carbocycles. The molecule has 0 amide bonds. The summed E-state index contributed by atoms with van der Waals surface area (Å²) in [6, 6.07) is 12.8. The number of esters is 1. The molecule has 4 rings (SSSR count). The zero-order chi connectivity index (χ0) is 22.8. The molecular formula is C24H20O8. The van der Waals surface area contributed by atoms with Crippen LogP contribution in [0.15, 0.2) is 60.7 Å². The fourth-order valence-electron chi connectivity index (χ4n) is 3.49. The van der Waals surface area contributed by atoms with Crippen molar-refractivity contribution >= 4 is 12.0 Å². The van der Waals surface area contributed by atoms with Gasteiger partial charge in [-0.3, -0.25) is 0 Å². The maximum absolute atomic E-state index is 12.5. The van der Waals surface area contributed by atoms with Gasteiger partial charge in [0, 0.05) is 35.8 Å².